The predicted octanol–water partition coefficient (Wildman–Crippen LogP) is 1.56. The van der Waals surface area contributed by atoms with Gasteiger partial charge in [-0.2, -0.15) is 18.3 Å². The summed E-state index contributed by atoms with van der Waals surface area (Å²) < 4.78 is 39.6. The van der Waals surface area contributed by atoms with Crippen LogP contribution in [0, 0.1) is 11.8 Å². The first kappa shape index (κ1) is 22.5. The number of halogens is 3. The normalized spacial score (nSPS) is 26.9. The highest BCUT2D eigenvalue weighted by Gasteiger charge is 2.41. The Morgan fingerprint density at radius 3 is 2.57 bits per heavy atom. The Hall–Kier alpha value is -2.14. The number of carbonyl (C=O) groups is 2. The van der Waals surface area contributed by atoms with Crippen molar-refractivity contribution in [3.8, 4) is 0 Å². The lowest BCUT2D eigenvalue weighted by Gasteiger charge is -2.46. The van der Waals surface area contributed by atoms with Gasteiger partial charge in [-0.25, -0.2) is 4.79 Å². The second-order valence-electron chi connectivity index (χ2n) is 8.15. The molecule has 1 aliphatic carbocycles. The quantitative estimate of drug-likeness (QED) is 0.750. The predicted molar refractivity (Wildman–Crippen MR) is 99.3 cm³/mol. The number of carbonyl (C=O) groups excluding carboxylic acids is 1. The fourth-order valence-corrected chi connectivity index (χ4v) is 4.01. The number of nitrogens with zero attached hydrogens (tertiary/aromatic N) is 3. The summed E-state index contributed by atoms with van der Waals surface area (Å²) in [5, 5.41) is 14.7. The molecule has 1 saturated carbocycles. The molecule has 1 aromatic heterocycles. The molecule has 11 heteroatoms. The van der Waals surface area contributed by atoms with Crippen LogP contribution in [0.4, 0.5) is 13.2 Å². The molecule has 4 rings (SSSR count). The van der Waals surface area contributed by atoms with Crippen LogP contribution in [0.15, 0.2) is 12.4 Å². The molecule has 3 fully saturated rings. The number of carboxylic acid groups (broad SMARTS) is 1. The standard InChI is InChI=1S/C17H26N4O2.C2HF3O2/c1-20-8-12(7-18-20)9-21-10-14-3-2-6-23-16(14)15(11-21)19-17(22)13-4-5-13;3-2(4,5)1(6)7/h7-8,13-16H,2-6,9-11H2,1H3,(H,19,22);(H,6,7)/t14-,15+,16-;/m0./s1. The summed E-state index contributed by atoms with van der Waals surface area (Å²) in [6.07, 6.45) is 3.54. The molecule has 0 unspecified atom stereocenters. The zero-order chi connectivity index (χ0) is 21.9. The Balaban J connectivity index is 0.000000318. The molecule has 1 amide bonds. The molecular formula is C19H27F3N4O4. The minimum absolute atomic E-state index is 0.124. The van der Waals surface area contributed by atoms with E-state index < -0.39 is 12.1 Å². The first-order valence-corrected chi connectivity index (χ1v) is 10.1. The third kappa shape index (κ3) is 6.18. The van der Waals surface area contributed by atoms with Gasteiger partial charge in [-0.15, -0.1) is 0 Å². The van der Waals surface area contributed by atoms with E-state index in [2.05, 4.69) is 21.5 Å². The fourth-order valence-electron chi connectivity index (χ4n) is 4.01. The van der Waals surface area contributed by atoms with Crippen molar-refractivity contribution < 1.29 is 32.6 Å². The number of hydrogen-bond acceptors (Lipinski definition) is 5. The summed E-state index contributed by atoms with van der Waals surface area (Å²) in [7, 11) is 1.95. The van der Waals surface area contributed by atoms with Gasteiger partial charge in [0.1, 0.15) is 0 Å². The van der Waals surface area contributed by atoms with Crippen molar-refractivity contribution in [3.63, 3.8) is 0 Å². The van der Waals surface area contributed by atoms with Gasteiger partial charge in [-0.1, -0.05) is 0 Å². The van der Waals surface area contributed by atoms with Crippen molar-refractivity contribution in [1.29, 1.82) is 0 Å². The minimum atomic E-state index is -5.08. The number of likely N-dealkylation sites (tertiary alicyclic amines) is 1. The van der Waals surface area contributed by atoms with Gasteiger partial charge in [0, 0.05) is 51.0 Å². The van der Waals surface area contributed by atoms with Crippen LogP contribution < -0.4 is 5.32 Å². The number of alkyl halides is 3. The third-order valence-electron chi connectivity index (χ3n) is 5.52. The van der Waals surface area contributed by atoms with Gasteiger partial charge in [0.15, 0.2) is 0 Å². The molecule has 3 heterocycles. The molecule has 0 aromatic carbocycles. The first-order chi connectivity index (χ1) is 14.1. The Labute approximate surface area is 172 Å². The number of amides is 1. The van der Waals surface area contributed by atoms with Crippen LogP contribution >= 0.6 is 0 Å². The van der Waals surface area contributed by atoms with E-state index in [4.69, 9.17) is 14.6 Å². The van der Waals surface area contributed by atoms with Crippen LogP contribution in [0.5, 0.6) is 0 Å². The molecule has 1 aromatic rings. The number of nitrogens with one attached hydrogen (secondary N) is 1. The molecule has 8 nitrogen and oxygen atoms in total. The topological polar surface area (TPSA) is 96.7 Å². The lowest BCUT2D eigenvalue weighted by molar-refractivity contribution is -0.192. The van der Waals surface area contributed by atoms with Gasteiger partial charge in [0.2, 0.25) is 5.91 Å². The van der Waals surface area contributed by atoms with E-state index in [-0.39, 0.29) is 24.0 Å². The second-order valence-corrected chi connectivity index (χ2v) is 8.15. The van der Waals surface area contributed by atoms with Gasteiger partial charge in [-0.3, -0.25) is 14.4 Å². The van der Waals surface area contributed by atoms with Gasteiger partial charge >= 0.3 is 12.1 Å². The average Bonchev–Trinajstić information content (AvgIpc) is 3.45. The monoisotopic (exact) mass is 432 g/mol. The van der Waals surface area contributed by atoms with Crippen LogP contribution in [0.25, 0.3) is 0 Å². The van der Waals surface area contributed by atoms with Gasteiger partial charge in [-0.05, 0) is 31.6 Å². The minimum Gasteiger partial charge on any atom is -0.475 e. The number of aryl methyl sites for hydroxylation is 1. The molecule has 3 atom stereocenters. The van der Waals surface area contributed by atoms with Crippen LogP contribution in [-0.4, -0.2) is 69.7 Å². The summed E-state index contributed by atoms with van der Waals surface area (Å²) in [4.78, 5) is 23.6. The van der Waals surface area contributed by atoms with E-state index in [1.54, 1.807) is 0 Å². The number of fused-ring (bicyclic) bond motifs is 1. The number of hydrogen-bond donors (Lipinski definition) is 2. The number of carboxylic acids is 1. The molecular weight excluding hydrogens is 405 g/mol. The fraction of sp³-hybridized carbons (Fsp3) is 0.737. The number of ether oxygens (including phenoxy) is 1. The van der Waals surface area contributed by atoms with E-state index in [9.17, 15) is 18.0 Å². The summed E-state index contributed by atoms with van der Waals surface area (Å²) in [5.74, 6) is -1.75. The molecule has 3 aliphatic rings. The zero-order valence-corrected chi connectivity index (χ0v) is 16.8. The smallest absolute Gasteiger partial charge is 0.475 e. The first-order valence-electron chi connectivity index (χ1n) is 10.1. The molecule has 2 saturated heterocycles. The van der Waals surface area contributed by atoms with Crippen LogP contribution in [0.2, 0.25) is 0 Å². The average molecular weight is 432 g/mol. The van der Waals surface area contributed by atoms with Crippen molar-refractivity contribution in [2.24, 2.45) is 18.9 Å². The highest BCUT2D eigenvalue weighted by molar-refractivity contribution is 5.81. The van der Waals surface area contributed by atoms with E-state index in [1.807, 2.05) is 17.9 Å². The van der Waals surface area contributed by atoms with Crippen molar-refractivity contribution >= 4 is 11.9 Å². The van der Waals surface area contributed by atoms with Crippen LogP contribution in [0.3, 0.4) is 0 Å². The van der Waals surface area contributed by atoms with Gasteiger partial charge < -0.3 is 15.2 Å². The number of piperidine rings is 1. The number of aliphatic carboxylic acids is 1. The zero-order valence-electron chi connectivity index (χ0n) is 16.8. The maximum atomic E-state index is 12.2. The maximum absolute atomic E-state index is 12.2. The van der Waals surface area contributed by atoms with Gasteiger partial charge in [0.25, 0.3) is 0 Å². The summed E-state index contributed by atoms with van der Waals surface area (Å²) in [5.41, 5.74) is 1.23. The van der Waals surface area contributed by atoms with E-state index in [0.29, 0.717) is 5.92 Å². The Bertz CT molecular complexity index is 750. The third-order valence-corrected chi connectivity index (χ3v) is 5.52. The maximum Gasteiger partial charge on any atom is 0.490 e. The second kappa shape index (κ2) is 9.34. The van der Waals surface area contributed by atoms with E-state index in [0.717, 1.165) is 45.5 Å². The molecule has 168 valence electrons. The Morgan fingerprint density at radius 1 is 1.30 bits per heavy atom. The van der Waals surface area contributed by atoms with Crippen molar-refractivity contribution in [1.82, 2.24) is 20.0 Å². The molecule has 0 radical (unpaired) electrons. The molecule has 0 spiro atoms. The Kier molecular flexibility index (Phi) is 7.02. The van der Waals surface area contributed by atoms with Crippen molar-refractivity contribution in [3.05, 3.63) is 18.0 Å². The highest BCUT2D eigenvalue weighted by atomic mass is 19.4. The molecule has 30 heavy (non-hydrogen) atoms. The van der Waals surface area contributed by atoms with Crippen LogP contribution in [-0.2, 0) is 27.9 Å². The van der Waals surface area contributed by atoms with Gasteiger partial charge in [0.05, 0.1) is 18.3 Å². The lowest BCUT2D eigenvalue weighted by Crippen LogP contribution is -2.61. The van der Waals surface area contributed by atoms with E-state index >= 15 is 0 Å². The largest absolute Gasteiger partial charge is 0.490 e. The van der Waals surface area contributed by atoms with Crippen molar-refractivity contribution in [2.75, 3.05) is 19.7 Å². The molecule has 0 bridgehead atoms. The molecule has 2 N–H and O–H groups in total. The van der Waals surface area contributed by atoms with E-state index in [1.165, 1.54) is 12.0 Å². The van der Waals surface area contributed by atoms with Crippen molar-refractivity contribution in [2.45, 2.75) is 50.6 Å². The number of rotatable bonds is 4. The highest BCUT2D eigenvalue weighted by Crippen LogP contribution is 2.32. The summed E-state index contributed by atoms with van der Waals surface area (Å²) >= 11 is 0. The summed E-state index contributed by atoms with van der Waals surface area (Å²) in [6, 6.07) is 0.124. The SMILES string of the molecule is Cn1cc(CN2C[C@@H]3CCCO[C@@H]3[C@H](NC(=O)C3CC3)C2)cn1.O=C(O)C(F)(F)F. The lowest BCUT2D eigenvalue weighted by atomic mass is 9.85. The molecule has 2 aliphatic heterocycles. The summed E-state index contributed by atoms with van der Waals surface area (Å²) in [6.45, 7) is 3.65. The Morgan fingerprint density at radius 2 is 2.00 bits per heavy atom. The number of aromatic nitrogens is 2. The van der Waals surface area contributed by atoms with Crippen LogP contribution in [0.1, 0.15) is 31.2 Å².